The summed E-state index contributed by atoms with van der Waals surface area (Å²) in [5, 5.41) is 9.45. The number of esters is 1. The fraction of sp³-hybridized carbons (Fsp3) is 0.286. The Morgan fingerprint density at radius 2 is 1.89 bits per heavy atom. The molecule has 0 bridgehead atoms. The zero-order chi connectivity index (χ0) is 20.5. The Balaban J connectivity index is 2.05. The maximum Gasteiger partial charge on any atom is 0.338 e. The minimum Gasteiger partial charge on any atom is -0.494 e. The highest BCUT2D eigenvalue weighted by Gasteiger charge is 2.19. The van der Waals surface area contributed by atoms with Crippen molar-refractivity contribution in [3.05, 3.63) is 58.6 Å². The Morgan fingerprint density at radius 1 is 1.18 bits per heavy atom. The van der Waals surface area contributed by atoms with Gasteiger partial charge in [0.25, 0.3) is 5.91 Å². The van der Waals surface area contributed by atoms with Gasteiger partial charge in [-0.2, -0.15) is 5.26 Å². The highest BCUT2D eigenvalue weighted by Crippen LogP contribution is 2.23. The van der Waals surface area contributed by atoms with Crippen LogP contribution in [0.5, 0.6) is 5.75 Å². The van der Waals surface area contributed by atoms with Crippen molar-refractivity contribution in [2.45, 2.75) is 20.3 Å². The molecule has 0 aromatic heterocycles. The number of halogens is 1. The number of nitriles is 1. The molecule has 0 saturated heterocycles. The van der Waals surface area contributed by atoms with Gasteiger partial charge in [0.1, 0.15) is 5.75 Å². The molecular formula is C21H21ClN2O4. The van der Waals surface area contributed by atoms with Gasteiger partial charge in [-0.15, -0.1) is 0 Å². The monoisotopic (exact) mass is 400 g/mol. The van der Waals surface area contributed by atoms with E-state index in [2.05, 4.69) is 0 Å². The summed E-state index contributed by atoms with van der Waals surface area (Å²) in [6, 6.07) is 13.6. The molecule has 0 atom stereocenters. The van der Waals surface area contributed by atoms with Gasteiger partial charge in [-0.05, 0) is 61.9 Å². The van der Waals surface area contributed by atoms with Gasteiger partial charge < -0.3 is 14.4 Å². The molecule has 0 N–H and O–H groups in total. The first kappa shape index (κ1) is 21.3. The van der Waals surface area contributed by atoms with E-state index in [-0.39, 0.29) is 13.0 Å². The van der Waals surface area contributed by atoms with E-state index in [1.54, 1.807) is 42.5 Å². The number of carbonyl (C=O) groups is 2. The lowest BCUT2D eigenvalue weighted by atomic mass is 10.2. The van der Waals surface area contributed by atoms with Crippen molar-refractivity contribution in [3.63, 3.8) is 0 Å². The first-order valence-electron chi connectivity index (χ1n) is 8.79. The number of aryl methyl sites for hydroxylation is 1. The van der Waals surface area contributed by atoms with Crippen LogP contribution in [0, 0.1) is 18.3 Å². The number of ether oxygens (including phenoxy) is 2. The molecule has 0 radical (unpaired) electrons. The van der Waals surface area contributed by atoms with Crippen LogP contribution >= 0.6 is 11.6 Å². The molecule has 7 heteroatoms. The first-order chi connectivity index (χ1) is 13.5. The van der Waals surface area contributed by atoms with Crippen molar-refractivity contribution in [2.24, 2.45) is 0 Å². The number of nitrogens with zero attached hydrogens (tertiary/aromatic N) is 2. The zero-order valence-corrected chi connectivity index (χ0v) is 16.5. The molecule has 0 aliphatic carbocycles. The third-order valence-electron chi connectivity index (χ3n) is 3.93. The smallest absolute Gasteiger partial charge is 0.338 e. The molecule has 0 saturated carbocycles. The lowest BCUT2D eigenvalue weighted by Gasteiger charge is -2.22. The van der Waals surface area contributed by atoms with Crippen LogP contribution in [-0.2, 0) is 9.53 Å². The summed E-state index contributed by atoms with van der Waals surface area (Å²) < 4.78 is 10.5. The molecule has 2 aromatic carbocycles. The van der Waals surface area contributed by atoms with Gasteiger partial charge in [-0.1, -0.05) is 11.6 Å². The van der Waals surface area contributed by atoms with Gasteiger partial charge in [-0.3, -0.25) is 4.79 Å². The van der Waals surface area contributed by atoms with Crippen molar-refractivity contribution in [1.82, 2.24) is 0 Å². The van der Waals surface area contributed by atoms with Crippen molar-refractivity contribution in [3.8, 4) is 11.8 Å². The van der Waals surface area contributed by atoms with Gasteiger partial charge in [0.2, 0.25) is 0 Å². The molecule has 28 heavy (non-hydrogen) atoms. The number of amides is 1. The molecule has 0 aliphatic rings. The lowest BCUT2D eigenvalue weighted by molar-refractivity contribution is -0.121. The average Bonchev–Trinajstić information content (AvgIpc) is 2.69. The number of carbonyl (C=O) groups excluding carboxylic acids is 2. The van der Waals surface area contributed by atoms with Gasteiger partial charge in [0, 0.05) is 17.3 Å². The second kappa shape index (κ2) is 10.3. The molecule has 0 spiro atoms. The SMILES string of the molecule is CCOc1ccc(C(=O)OCC(=O)N(CCC#N)c2ccc(Cl)c(C)c2)cc1. The molecule has 1 amide bonds. The predicted molar refractivity (Wildman–Crippen MR) is 107 cm³/mol. The van der Waals surface area contributed by atoms with Crippen LogP contribution in [0.15, 0.2) is 42.5 Å². The van der Waals surface area contributed by atoms with Crippen molar-refractivity contribution >= 4 is 29.2 Å². The van der Waals surface area contributed by atoms with Gasteiger partial charge in [-0.25, -0.2) is 4.79 Å². The maximum absolute atomic E-state index is 12.6. The fourth-order valence-electron chi connectivity index (χ4n) is 2.50. The summed E-state index contributed by atoms with van der Waals surface area (Å²) in [5.74, 6) is -0.379. The summed E-state index contributed by atoms with van der Waals surface area (Å²) in [4.78, 5) is 26.2. The summed E-state index contributed by atoms with van der Waals surface area (Å²) in [7, 11) is 0. The van der Waals surface area contributed by atoms with Crippen LogP contribution in [0.2, 0.25) is 5.02 Å². The van der Waals surface area contributed by atoms with E-state index in [1.165, 1.54) is 4.90 Å². The number of rotatable bonds is 8. The van der Waals surface area contributed by atoms with Crippen LogP contribution < -0.4 is 9.64 Å². The molecule has 6 nitrogen and oxygen atoms in total. The second-order valence-electron chi connectivity index (χ2n) is 5.92. The maximum atomic E-state index is 12.6. The third-order valence-corrected chi connectivity index (χ3v) is 4.35. The van der Waals surface area contributed by atoms with Crippen LogP contribution in [0.1, 0.15) is 29.3 Å². The Bertz CT molecular complexity index is 875. The van der Waals surface area contributed by atoms with Gasteiger partial charge in [0.15, 0.2) is 6.61 Å². The quantitative estimate of drug-likeness (QED) is 0.622. The van der Waals surface area contributed by atoms with E-state index in [9.17, 15) is 9.59 Å². The van der Waals surface area contributed by atoms with Crippen LogP contribution in [0.25, 0.3) is 0 Å². The molecule has 2 rings (SSSR count). The highest BCUT2D eigenvalue weighted by atomic mass is 35.5. The topological polar surface area (TPSA) is 79.6 Å². The van der Waals surface area contributed by atoms with Crippen molar-refractivity contribution < 1.29 is 19.1 Å². The Morgan fingerprint density at radius 3 is 2.50 bits per heavy atom. The molecule has 0 fully saturated rings. The molecule has 2 aromatic rings. The third kappa shape index (κ3) is 5.73. The number of anilines is 1. The standard InChI is InChI=1S/C21H21ClN2O4/c1-3-27-18-8-5-16(6-9-18)21(26)28-14-20(25)24(12-4-11-23)17-7-10-19(22)15(2)13-17/h5-10,13H,3-4,12,14H2,1-2H3. The fourth-order valence-corrected chi connectivity index (χ4v) is 2.62. The van der Waals surface area contributed by atoms with Crippen LogP contribution in [0.4, 0.5) is 5.69 Å². The van der Waals surface area contributed by atoms with E-state index >= 15 is 0 Å². The molecule has 0 aliphatic heterocycles. The molecule has 0 unspecified atom stereocenters. The minimum absolute atomic E-state index is 0.153. The van der Waals surface area contributed by atoms with E-state index in [0.717, 1.165) is 5.56 Å². The predicted octanol–water partition coefficient (Wildman–Crippen LogP) is 4.15. The second-order valence-corrected chi connectivity index (χ2v) is 6.33. The largest absolute Gasteiger partial charge is 0.494 e. The zero-order valence-electron chi connectivity index (χ0n) is 15.8. The lowest BCUT2D eigenvalue weighted by Crippen LogP contribution is -2.35. The molecule has 0 heterocycles. The molecular weight excluding hydrogens is 380 g/mol. The normalized spacial score (nSPS) is 10.1. The number of hydrogen-bond donors (Lipinski definition) is 0. The van der Waals surface area contributed by atoms with Gasteiger partial charge in [0.05, 0.1) is 24.7 Å². The Kier molecular flexibility index (Phi) is 7.85. The van der Waals surface area contributed by atoms with E-state index in [0.29, 0.717) is 28.6 Å². The van der Waals surface area contributed by atoms with E-state index < -0.39 is 18.5 Å². The Labute approximate surface area is 169 Å². The molecule has 146 valence electrons. The summed E-state index contributed by atoms with van der Waals surface area (Å²) in [6.45, 7) is 3.98. The highest BCUT2D eigenvalue weighted by molar-refractivity contribution is 6.31. The average molecular weight is 401 g/mol. The van der Waals surface area contributed by atoms with Crippen LogP contribution in [-0.4, -0.2) is 31.6 Å². The van der Waals surface area contributed by atoms with Crippen LogP contribution in [0.3, 0.4) is 0 Å². The summed E-state index contributed by atoms with van der Waals surface area (Å²) in [6.07, 6.45) is 0.153. The summed E-state index contributed by atoms with van der Waals surface area (Å²) >= 11 is 6.04. The first-order valence-corrected chi connectivity index (χ1v) is 9.17. The van der Waals surface area contributed by atoms with E-state index in [1.807, 2.05) is 19.9 Å². The van der Waals surface area contributed by atoms with Gasteiger partial charge >= 0.3 is 5.97 Å². The number of benzene rings is 2. The van der Waals surface area contributed by atoms with Crippen molar-refractivity contribution in [1.29, 1.82) is 5.26 Å². The van der Waals surface area contributed by atoms with Crippen molar-refractivity contribution in [2.75, 3.05) is 24.7 Å². The Hall–Kier alpha value is -3.04. The summed E-state index contributed by atoms with van der Waals surface area (Å²) in [5.41, 5.74) is 1.72. The van der Waals surface area contributed by atoms with E-state index in [4.69, 9.17) is 26.3 Å². The number of hydrogen-bond acceptors (Lipinski definition) is 5. The minimum atomic E-state index is -0.607.